The zero-order valence-corrected chi connectivity index (χ0v) is 12.2. The second-order valence-corrected chi connectivity index (χ2v) is 5.46. The number of hydrogen-bond donors (Lipinski definition) is 1. The molecule has 1 amide bonds. The second-order valence-electron chi connectivity index (χ2n) is 5.46. The lowest BCUT2D eigenvalue weighted by Crippen LogP contribution is -2.53. The van der Waals surface area contributed by atoms with E-state index in [2.05, 4.69) is 12.2 Å². The zero-order chi connectivity index (χ0) is 14.5. The van der Waals surface area contributed by atoms with Gasteiger partial charge in [0.05, 0.1) is 6.04 Å². The van der Waals surface area contributed by atoms with E-state index in [0.29, 0.717) is 0 Å². The van der Waals surface area contributed by atoms with E-state index in [0.717, 1.165) is 37.9 Å². The van der Waals surface area contributed by atoms with Gasteiger partial charge in [-0.05, 0) is 50.4 Å². The van der Waals surface area contributed by atoms with Gasteiger partial charge in [-0.15, -0.1) is 0 Å². The highest BCUT2D eigenvalue weighted by Crippen LogP contribution is 2.17. The van der Waals surface area contributed by atoms with Gasteiger partial charge in [0.1, 0.15) is 5.82 Å². The summed E-state index contributed by atoms with van der Waals surface area (Å²) in [5.74, 6) is -0.0182. The molecule has 1 fully saturated rings. The number of amides is 1. The minimum atomic E-state index is -0.220. The van der Waals surface area contributed by atoms with Gasteiger partial charge in [-0.3, -0.25) is 4.79 Å². The third-order valence-corrected chi connectivity index (χ3v) is 3.90. The molecule has 1 aromatic carbocycles. The fourth-order valence-electron chi connectivity index (χ4n) is 2.84. The molecule has 2 atom stereocenters. The molecular weight excluding hydrogens is 255 g/mol. The standard InChI is InChI=1S/C16H23FN2O/c1-3-18-15-5-4-10-19(16(15)20)12(2)11-13-6-8-14(17)9-7-13/h6-9,12,15,18H,3-5,10-11H2,1-2H3. The Morgan fingerprint density at radius 2 is 2.10 bits per heavy atom. The van der Waals surface area contributed by atoms with Gasteiger partial charge in [0, 0.05) is 12.6 Å². The summed E-state index contributed by atoms with van der Waals surface area (Å²) in [5.41, 5.74) is 1.07. The van der Waals surface area contributed by atoms with E-state index >= 15 is 0 Å². The van der Waals surface area contributed by atoms with Crippen LogP contribution in [0.3, 0.4) is 0 Å². The van der Waals surface area contributed by atoms with Crippen LogP contribution >= 0.6 is 0 Å². The number of halogens is 1. The molecule has 0 aliphatic carbocycles. The highest BCUT2D eigenvalue weighted by Gasteiger charge is 2.30. The van der Waals surface area contributed by atoms with Crippen LogP contribution in [0, 0.1) is 5.82 Å². The SMILES string of the molecule is CCNC1CCCN(C(C)Cc2ccc(F)cc2)C1=O. The van der Waals surface area contributed by atoms with Crippen molar-refractivity contribution in [1.29, 1.82) is 0 Å². The van der Waals surface area contributed by atoms with Crippen LogP contribution in [0.1, 0.15) is 32.3 Å². The van der Waals surface area contributed by atoms with E-state index in [1.54, 1.807) is 12.1 Å². The third-order valence-electron chi connectivity index (χ3n) is 3.90. The van der Waals surface area contributed by atoms with E-state index in [1.807, 2.05) is 11.8 Å². The zero-order valence-electron chi connectivity index (χ0n) is 12.2. The van der Waals surface area contributed by atoms with E-state index in [1.165, 1.54) is 12.1 Å². The van der Waals surface area contributed by atoms with Gasteiger partial charge in [0.25, 0.3) is 0 Å². The fourth-order valence-corrected chi connectivity index (χ4v) is 2.84. The molecule has 4 heteroatoms. The molecule has 2 unspecified atom stereocenters. The Hall–Kier alpha value is -1.42. The first-order valence-corrected chi connectivity index (χ1v) is 7.40. The quantitative estimate of drug-likeness (QED) is 0.896. The summed E-state index contributed by atoms with van der Waals surface area (Å²) < 4.78 is 12.9. The predicted octanol–water partition coefficient (Wildman–Crippen LogP) is 2.36. The molecule has 1 aromatic rings. The first-order valence-electron chi connectivity index (χ1n) is 7.40. The molecule has 1 saturated heterocycles. The number of piperidine rings is 1. The number of likely N-dealkylation sites (N-methyl/N-ethyl adjacent to an activating group) is 1. The molecule has 1 aliphatic heterocycles. The second kappa shape index (κ2) is 6.84. The largest absolute Gasteiger partial charge is 0.338 e. The smallest absolute Gasteiger partial charge is 0.239 e. The maximum absolute atomic E-state index is 12.9. The van der Waals surface area contributed by atoms with Crippen molar-refractivity contribution in [3.8, 4) is 0 Å². The number of rotatable bonds is 5. The van der Waals surface area contributed by atoms with Crippen LogP contribution in [0.4, 0.5) is 4.39 Å². The number of likely N-dealkylation sites (tertiary alicyclic amines) is 1. The Morgan fingerprint density at radius 3 is 2.75 bits per heavy atom. The topological polar surface area (TPSA) is 32.3 Å². The third kappa shape index (κ3) is 3.57. The van der Waals surface area contributed by atoms with Gasteiger partial charge in [0.2, 0.25) is 5.91 Å². The predicted molar refractivity (Wildman–Crippen MR) is 78.0 cm³/mol. The molecule has 1 N–H and O–H groups in total. The van der Waals surface area contributed by atoms with Crippen molar-refractivity contribution in [2.45, 2.75) is 45.2 Å². The minimum absolute atomic E-state index is 0.0376. The minimum Gasteiger partial charge on any atom is -0.338 e. The molecule has 110 valence electrons. The Kier molecular flexibility index (Phi) is 5.12. The molecule has 0 radical (unpaired) electrons. The van der Waals surface area contributed by atoms with Gasteiger partial charge in [-0.25, -0.2) is 4.39 Å². The number of carbonyl (C=O) groups excluding carboxylic acids is 1. The van der Waals surface area contributed by atoms with Crippen LogP contribution in [-0.4, -0.2) is 36.0 Å². The summed E-state index contributed by atoms with van der Waals surface area (Å²) in [6.45, 7) is 5.73. The summed E-state index contributed by atoms with van der Waals surface area (Å²) >= 11 is 0. The average Bonchev–Trinajstić information content (AvgIpc) is 2.44. The molecule has 2 rings (SSSR count). The molecule has 0 spiro atoms. The van der Waals surface area contributed by atoms with Crippen LogP contribution in [-0.2, 0) is 11.2 Å². The number of hydrogen-bond acceptors (Lipinski definition) is 2. The van der Waals surface area contributed by atoms with Crippen LogP contribution < -0.4 is 5.32 Å². The highest BCUT2D eigenvalue weighted by atomic mass is 19.1. The van der Waals surface area contributed by atoms with Gasteiger partial charge < -0.3 is 10.2 Å². The summed E-state index contributed by atoms with van der Waals surface area (Å²) in [6, 6.07) is 6.64. The van der Waals surface area contributed by atoms with Crippen molar-refractivity contribution >= 4 is 5.91 Å². The lowest BCUT2D eigenvalue weighted by atomic mass is 9.99. The van der Waals surface area contributed by atoms with Gasteiger partial charge in [-0.1, -0.05) is 19.1 Å². The van der Waals surface area contributed by atoms with Crippen molar-refractivity contribution in [3.05, 3.63) is 35.6 Å². The van der Waals surface area contributed by atoms with Crippen molar-refractivity contribution in [3.63, 3.8) is 0 Å². The van der Waals surface area contributed by atoms with E-state index in [-0.39, 0.29) is 23.8 Å². The summed E-state index contributed by atoms with van der Waals surface area (Å²) in [5, 5.41) is 3.25. The Balaban J connectivity index is 1.98. The molecule has 0 saturated carbocycles. The van der Waals surface area contributed by atoms with E-state index in [4.69, 9.17) is 0 Å². The van der Waals surface area contributed by atoms with Gasteiger partial charge >= 0.3 is 0 Å². The Morgan fingerprint density at radius 1 is 1.40 bits per heavy atom. The highest BCUT2D eigenvalue weighted by molar-refractivity contribution is 5.82. The summed E-state index contributed by atoms with van der Waals surface area (Å²) in [4.78, 5) is 14.4. The van der Waals surface area contributed by atoms with Crippen molar-refractivity contribution in [2.24, 2.45) is 0 Å². The van der Waals surface area contributed by atoms with Crippen LogP contribution in [0.25, 0.3) is 0 Å². The summed E-state index contributed by atoms with van der Waals surface area (Å²) in [6.07, 6.45) is 2.73. The molecule has 1 heterocycles. The number of nitrogens with one attached hydrogen (secondary N) is 1. The maximum atomic E-state index is 12.9. The first-order chi connectivity index (χ1) is 9.61. The number of nitrogens with zero attached hydrogens (tertiary/aromatic N) is 1. The van der Waals surface area contributed by atoms with Crippen LogP contribution in [0.5, 0.6) is 0 Å². The molecule has 1 aliphatic rings. The molecule has 3 nitrogen and oxygen atoms in total. The maximum Gasteiger partial charge on any atom is 0.239 e. The van der Waals surface area contributed by atoms with Crippen LogP contribution in [0.15, 0.2) is 24.3 Å². The summed E-state index contributed by atoms with van der Waals surface area (Å²) in [7, 11) is 0. The normalized spacial score (nSPS) is 21.1. The molecule has 0 bridgehead atoms. The Labute approximate surface area is 120 Å². The Bertz CT molecular complexity index is 444. The first kappa shape index (κ1) is 15.0. The lowest BCUT2D eigenvalue weighted by Gasteiger charge is -2.37. The van der Waals surface area contributed by atoms with Crippen molar-refractivity contribution in [1.82, 2.24) is 10.2 Å². The van der Waals surface area contributed by atoms with E-state index < -0.39 is 0 Å². The monoisotopic (exact) mass is 278 g/mol. The average molecular weight is 278 g/mol. The van der Waals surface area contributed by atoms with Crippen LogP contribution in [0.2, 0.25) is 0 Å². The molecule has 20 heavy (non-hydrogen) atoms. The number of benzene rings is 1. The van der Waals surface area contributed by atoms with E-state index in [9.17, 15) is 9.18 Å². The van der Waals surface area contributed by atoms with Gasteiger partial charge in [0.15, 0.2) is 0 Å². The van der Waals surface area contributed by atoms with Crippen molar-refractivity contribution < 1.29 is 9.18 Å². The lowest BCUT2D eigenvalue weighted by molar-refractivity contribution is -0.138. The van der Waals surface area contributed by atoms with Gasteiger partial charge in [-0.2, -0.15) is 0 Å². The molecular formula is C16H23FN2O. The fraction of sp³-hybridized carbons (Fsp3) is 0.562. The number of carbonyl (C=O) groups is 1. The molecule has 0 aromatic heterocycles. The van der Waals surface area contributed by atoms with Crippen molar-refractivity contribution in [2.75, 3.05) is 13.1 Å².